The van der Waals surface area contributed by atoms with Crippen LogP contribution in [-0.2, 0) is 16.0 Å². The molecule has 1 aliphatic heterocycles. The summed E-state index contributed by atoms with van der Waals surface area (Å²) in [5.41, 5.74) is 0.261. The van der Waals surface area contributed by atoms with E-state index in [1.54, 1.807) is 12.1 Å². The number of carboxylic acids is 1. The second kappa shape index (κ2) is 3.74. The first-order chi connectivity index (χ1) is 7.85. The predicted molar refractivity (Wildman–Crippen MR) is 61.3 cm³/mol. The minimum absolute atomic E-state index is 0.135. The first-order valence-corrected chi connectivity index (χ1v) is 5.47. The van der Waals surface area contributed by atoms with Gasteiger partial charge in [0.1, 0.15) is 0 Å². The van der Waals surface area contributed by atoms with Gasteiger partial charge in [-0.3, -0.25) is 0 Å². The number of hydrogen-bond donors (Lipinski definition) is 1. The zero-order chi connectivity index (χ0) is 12.8. The molecule has 0 bridgehead atoms. The van der Waals surface area contributed by atoms with Crippen molar-refractivity contribution in [2.45, 2.75) is 25.9 Å². The molecule has 1 N–H and O–H groups in total. The van der Waals surface area contributed by atoms with Gasteiger partial charge in [-0.2, -0.15) is 0 Å². The van der Waals surface area contributed by atoms with Gasteiger partial charge in [-0.15, -0.1) is 0 Å². The summed E-state index contributed by atoms with van der Waals surface area (Å²) in [6.45, 7) is 3.20. The molecule has 2 rings (SSSR count). The minimum Gasteiger partial charge on any atom is -0.478 e. The minimum atomic E-state index is -1.51. The SMILES string of the molecule is Cc1ccc(Cl)c2c1CC(C)(C(=O)O)OC2=O. The van der Waals surface area contributed by atoms with Crippen LogP contribution in [0.5, 0.6) is 0 Å². The second-order valence-electron chi connectivity index (χ2n) is 4.32. The van der Waals surface area contributed by atoms with Crippen LogP contribution < -0.4 is 0 Å². The van der Waals surface area contributed by atoms with Gasteiger partial charge in [-0.1, -0.05) is 17.7 Å². The molecule has 1 aromatic carbocycles. The lowest BCUT2D eigenvalue weighted by Crippen LogP contribution is -2.46. The molecule has 1 aliphatic rings. The van der Waals surface area contributed by atoms with E-state index in [1.165, 1.54) is 6.92 Å². The monoisotopic (exact) mass is 254 g/mol. The predicted octanol–water partition coefficient (Wildman–Crippen LogP) is 2.20. The van der Waals surface area contributed by atoms with Crippen LogP contribution in [0.4, 0.5) is 0 Å². The average Bonchev–Trinajstić information content (AvgIpc) is 2.22. The van der Waals surface area contributed by atoms with E-state index in [1.807, 2.05) is 6.92 Å². The van der Waals surface area contributed by atoms with Crippen LogP contribution >= 0.6 is 11.6 Å². The van der Waals surface area contributed by atoms with E-state index in [4.69, 9.17) is 21.4 Å². The van der Waals surface area contributed by atoms with E-state index in [-0.39, 0.29) is 12.0 Å². The lowest BCUT2D eigenvalue weighted by Gasteiger charge is -2.31. The molecule has 0 amide bonds. The molecule has 1 heterocycles. The fourth-order valence-corrected chi connectivity index (χ4v) is 2.17. The highest BCUT2D eigenvalue weighted by atomic mass is 35.5. The Kier molecular flexibility index (Phi) is 2.62. The zero-order valence-corrected chi connectivity index (χ0v) is 10.2. The van der Waals surface area contributed by atoms with Crippen molar-refractivity contribution in [3.05, 3.63) is 33.8 Å². The van der Waals surface area contributed by atoms with Crippen molar-refractivity contribution in [2.24, 2.45) is 0 Å². The Morgan fingerprint density at radius 1 is 1.53 bits per heavy atom. The van der Waals surface area contributed by atoms with Crippen molar-refractivity contribution in [1.29, 1.82) is 0 Å². The van der Waals surface area contributed by atoms with E-state index >= 15 is 0 Å². The standard InChI is InChI=1S/C12H11ClO4/c1-6-3-4-8(13)9-7(6)5-12(2,11(15)16)17-10(9)14/h3-4H,5H2,1-2H3,(H,15,16). The Morgan fingerprint density at radius 2 is 2.18 bits per heavy atom. The van der Waals surface area contributed by atoms with Crippen molar-refractivity contribution < 1.29 is 19.4 Å². The van der Waals surface area contributed by atoms with Crippen LogP contribution in [0.25, 0.3) is 0 Å². The third kappa shape index (κ3) is 1.78. The van der Waals surface area contributed by atoms with Gasteiger partial charge >= 0.3 is 11.9 Å². The van der Waals surface area contributed by atoms with E-state index in [9.17, 15) is 9.59 Å². The summed E-state index contributed by atoms with van der Waals surface area (Å²) >= 11 is 5.93. The molecule has 90 valence electrons. The van der Waals surface area contributed by atoms with Gasteiger partial charge in [0.15, 0.2) is 0 Å². The van der Waals surface area contributed by atoms with Gasteiger partial charge in [0.05, 0.1) is 10.6 Å². The fourth-order valence-electron chi connectivity index (χ4n) is 1.92. The summed E-state index contributed by atoms with van der Waals surface area (Å²) in [6, 6.07) is 3.38. The number of carbonyl (C=O) groups is 2. The number of aryl methyl sites for hydroxylation is 1. The summed E-state index contributed by atoms with van der Waals surface area (Å²) in [5.74, 6) is -1.83. The molecule has 0 spiro atoms. The molecular weight excluding hydrogens is 244 g/mol. The number of ether oxygens (including phenoxy) is 1. The molecule has 1 aromatic rings. The Hall–Kier alpha value is -1.55. The number of carboxylic acid groups (broad SMARTS) is 1. The van der Waals surface area contributed by atoms with Gasteiger partial charge in [0.2, 0.25) is 5.60 Å². The van der Waals surface area contributed by atoms with Crippen LogP contribution in [0.2, 0.25) is 5.02 Å². The third-order valence-corrected chi connectivity index (χ3v) is 3.30. The maximum Gasteiger partial charge on any atom is 0.348 e. The van der Waals surface area contributed by atoms with Crippen LogP contribution in [0, 0.1) is 6.92 Å². The lowest BCUT2D eigenvalue weighted by atomic mass is 9.87. The lowest BCUT2D eigenvalue weighted by molar-refractivity contribution is -0.158. The summed E-state index contributed by atoms with van der Waals surface area (Å²) in [4.78, 5) is 22.9. The van der Waals surface area contributed by atoms with Crippen molar-refractivity contribution in [3.8, 4) is 0 Å². The largest absolute Gasteiger partial charge is 0.478 e. The molecule has 0 fully saturated rings. The number of aliphatic carboxylic acids is 1. The molecular formula is C12H11ClO4. The molecule has 5 heteroatoms. The molecule has 0 aromatic heterocycles. The first-order valence-electron chi connectivity index (χ1n) is 5.10. The molecule has 0 aliphatic carbocycles. The van der Waals surface area contributed by atoms with Crippen LogP contribution in [0.3, 0.4) is 0 Å². The summed E-state index contributed by atoms with van der Waals surface area (Å²) in [7, 11) is 0. The molecule has 1 atom stereocenters. The topological polar surface area (TPSA) is 63.6 Å². The molecule has 17 heavy (non-hydrogen) atoms. The Bertz CT molecular complexity index is 523. The molecule has 4 nitrogen and oxygen atoms in total. The maximum absolute atomic E-state index is 11.8. The number of fused-ring (bicyclic) bond motifs is 1. The van der Waals surface area contributed by atoms with Crippen LogP contribution in [-0.4, -0.2) is 22.6 Å². The summed E-state index contributed by atoms with van der Waals surface area (Å²) < 4.78 is 4.97. The number of rotatable bonds is 1. The Balaban J connectivity index is 2.61. The Labute approximate surface area is 103 Å². The molecule has 0 saturated carbocycles. The molecule has 0 radical (unpaired) electrons. The van der Waals surface area contributed by atoms with Gasteiger partial charge in [0.25, 0.3) is 0 Å². The van der Waals surface area contributed by atoms with Crippen molar-refractivity contribution in [2.75, 3.05) is 0 Å². The maximum atomic E-state index is 11.8. The number of cyclic esters (lactones) is 1. The fraction of sp³-hybridized carbons (Fsp3) is 0.333. The van der Waals surface area contributed by atoms with E-state index < -0.39 is 17.5 Å². The quantitative estimate of drug-likeness (QED) is 0.781. The van der Waals surface area contributed by atoms with E-state index in [2.05, 4.69) is 0 Å². The Morgan fingerprint density at radius 3 is 2.76 bits per heavy atom. The van der Waals surface area contributed by atoms with Gasteiger partial charge < -0.3 is 9.84 Å². The smallest absolute Gasteiger partial charge is 0.348 e. The van der Waals surface area contributed by atoms with Crippen molar-refractivity contribution >= 4 is 23.5 Å². The zero-order valence-electron chi connectivity index (χ0n) is 9.41. The number of halogens is 1. The van der Waals surface area contributed by atoms with Gasteiger partial charge in [0, 0.05) is 6.42 Å². The highest BCUT2D eigenvalue weighted by Crippen LogP contribution is 2.34. The highest BCUT2D eigenvalue weighted by Gasteiger charge is 2.44. The number of esters is 1. The van der Waals surface area contributed by atoms with Crippen LogP contribution in [0.15, 0.2) is 12.1 Å². The van der Waals surface area contributed by atoms with Gasteiger partial charge in [-0.05, 0) is 31.0 Å². The molecule has 0 saturated heterocycles. The number of carbonyl (C=O) groups excluding carboxylic acids is 1. The summed E-state index contributed by atoms with van der Waals surface area (Å²) in [6.07, 6.45) is 0.135. The van der Waals surface area contributed by atoms with Crippen molar-refractivity contribution in [3.63, 3.8) is 0 Å². The van der Waals surface area contributed by atoms with Crippen molar-refractivity contribution in [1.82, 2.24) is 0 Å². The first kappa shape index (κ1) is 11.9. The number of benzene rings is 1. The average molecular weight is 255 g/mol. The van der Waals surface area contributed by atoms with Crippen LogP contribution in [0.1, 0.15) is 28.4 Å². The highest BCUT2D eigenvalue weighted by molar-refractivity contribution is 6.34. The normalized spacial score (nSPS) is 22.9. The second-order valence-corrected chi connectivity index (χ2v) is 4.73. The van der Waals surface area contributed by atoms with E-state index in [0.29, 0.717) is 10.6 Å². The van der Waals surface area contributed by atoms with E-state index in [0.717, 1.165) is 5.56 Å². The van der Waals surface area contributed by atoms with Gasteiger partial charge in [-0.25, -0.2) is 9.59 Å². The number of hydrogen-bond acceptors (Lipinski definition) is 3. The molecule has 1 unspecified atom stereocenters. The third-order valence-electron chi connectivity index (χ3n) is 2.98. The summed E-state index contributed by atoms with van der Waals surface area (Å²) in [5, 5.41) is 9.39.